The van der Waals surface area contributed by atoms with Gasteiger partial charge in [0.2, 0.25) is 10.0 Å². The second-order valence-corrected chi connectivity index (χ2v) is 7.93. The van der Waals surface area contributed by atoms with Gasteiger partial charge < -0.3 is 4.74 Å². The molecule has 1 atom stereocenters. The van der Waals surface area contributed by atoms with Crippen LogP contribution < -0.4 is 4.72 Å². The standard InChI is InChI=1S/C16H24N2O3S/c1-13(12-18-7-9-21-10-8-18)17-22(19,20)16-6-5-14-3-2-4-15(14)11-16/h5-6,11,13,17H,2-4,7-10,12H2,1H3. The quantitative estimate of drug-likeness (QED) is 0.883. The number of benzene rings is 1. The summed E-state index contributed by atoms with van der Waals surface area (Å²) in [7, 11) is -3.44. The van der Waals surface area contributed by atoms with E-state index < -0.39 is 10.0 Å². The van der Waals surface area contributed by atoms with Crippen LogP contribution in [0.3, 0.4) is 0 Å². The Morgan fingerprint density at radius 3 is 2.73 bits per heavy atom. The highest BCUT2D eigenvalue weighted by atomic mass is 32.2. The Morgan fingerprint density at radius 1 is 1.23 bits per heavy atom. The predicted octanol–water partition coefficient (Wildman–Crippen LogP) is 1.17. The average Bonchev–Trinajstić information content (AvgIpc) is 2.95. The Hall–Kier alpha value is -0.950. The van der Waals surface area contributed by atoms with Gasteiger partial charge in [0.05, 0.1) is 18.1 Å². The van der Waals surface area contributed by atoms with Crippen molar-refractivity contribution in [2.75, 3.05) is 32.8 Å². The van der Waals surface area contributed by atoms with E-state index in [1.807, 2.05) is 19.1 Å². The third-order valence-corrected chi connectivity index (χ3v) is 5.96. The van der Waals surface area contributed by atoms with Crippen LogP contribution in [0, 0.1) is 0 Å². The molecular weight excluding hydrogens is 300 g/mol. The maximum Gasteiger partial charge on any atom is 0.240 e. The molecule has 1 unspecified atom stereocenters. The number of rotatable bonds is 5. The molecule has 0 spiro atoms. The Morgan fingerprint density at radius 2 is 1.95 bits per heavy atom. The van der Waals surface area contributed by atoms with Gasteiger partial charge >= 0.3 is 0 Å². The van der Waals surface area contributed by atoms with Gasteiger partial charge in [-0.1, -0.05) is 6.07 Å². The number of hydrogen-bond acceptors (Lipinski definition) is 4. The molecule has 0 bridgehead atoms. The minimum atomic E-state index is -3.44. The molecule has 5 nitrogen and oxygen atoms in total. The molecule has 0 saturated carbocycles. The first kappa shape index (κ1) is 15.9. The van der Waals surface area contributed by atoms with Crippen molar-refractivity contribution in [3.05, 3.63) is 29.3 Å². The average molecular weight is 324 g/mol. The third-order valence-electron chi connectivity index (χ3n) is 4.37. The van der Waals surface area contributed by atoms with E-state index in [9.17, 15) is 8.42 Å². The van der Waals surface area contributed by atoms with Crippen LogP contribution in [-0.4, -0.2) is 52.2 Å². The van der Waals surface area contributed by atoms with Crippen LogP contribution in [0.25, 0.3) is 0 Å². The molecule has 1 aliphatic carbocycles. The van der Waals surface area contributed by atoms with Gasteiger partial charge in [-0.25, -0.2) is 13.1 Å². The summed E-state index contributed by atoms with van der Waals surface area (Å²) in [5.41, 5.74) is 2.48. The summed E-state index contributed by atoms with van der Waals surface area (Å²) in [6.07, 6.45) is 3.18. The summed E-state index contributed by atoms with van der Waals surface area (Å²) in [5.74, 6) is 0. The van der Waals surface area contributed by atoms with E-state index in [2.05, 4.69) is 9.62 Å². The van der Waals surface area contributed by atoms with Gasteiger partial charge in [-0.05, 0) is 49.4 Å². The summed E-state index contributed by atoms with van der Waals surface area (Å²) in [6.45, 7) is 5.82. The van der Waals surface area contributed by atoms with Gasteiger partial charge in [0.15, 0.2) is 0 Å². The van der Waals surface area contributed by atoms with Crippen LogP contribution in [0.2, 0.25) is 0 Å². The van der Waals surface area contributed by atoms with E-state index in [0.29, 0.717) is 11.4 Å². The SMILES string of the molecule is CC(CN1CCOCC1)NS(=O)(=O)c1ccc2c(c1)CCC2. The molecule has 1 N–H and O–H groups in total. The Labute approximate surface area is 132 Å². The Bertz CT molecular complexity index is 624. The highest BCUT2D eigenvalue weighted by Crippen LogP contribution is 2.24. The second kappa shape index (κ2) is 6.66. The number of sulfonamides is 1. The minimum Gasteiger partial charge on any atom is -0.379 e. The lowest BCUT2D eigenvalue weighted by atomic mass is 10.1. The first-order valence-electron chi connectivity index (χ1n) is 7.99. The maximum absolute atomic E-state index is 12.5. The zero-order valence-electron chi connectivity index (χ0n) is 13.0. The van der Waals surface area contributed by atoms with Crippen molar-refractivity contribution in [3.63, 3.8) is 0 Å². The normalized spacial score (nSPS) is 20.8. The number of hydrogen-bond donors (Lipinski definition) is 1. The zero-order chi connectivity index (χ0) is 15.6. The van der Waals surface area contributed by atoms with Crippen LogP contribution in [0.5, 0.6) is 0 Å². The van der Waals surface area contributed by atoms with Crippen LogP contribution in [0.1, 0.15) is 24.5 Å². The number of morpholine rings is 1. The fourth-order valence-corrected chi connectivity index (χ4v) is 4.54. The minimum absolute atomic E-state index is 0.114. The fourth-order valence-electron chi connectivity index (χ4n) is 3.26. The Kier molecular flexibility index (Phi) is 4.82. The molecule has 2 aliphatic rings. The summed E-state index contributed by atoms with van der Waals surface area (Å²) in [6, 6.07) is 5.42. The summed E-state index contributed by atoms with van der Waals surface area (Å²) in [5, 5.41) is 0. The smallest absolute Gasteiger partial charge is 0.240 e. The predicted molar refractivity (Wildman–Crippen MR) is 85.5 cm³/mol. The molecule has 1 aromatic rings. The molecule has 1 saturated heterocycles. The zero-order valence-corrected chi connectivity index (χ0v) is 13.9. The molecule has 1 fully saturated rings. The third kappa shape index (κ3) is 3.68. The van der Waals surface area contributed by atoms with E-state index in [1.54, 1.807) is 6.07 Å². The maximum atomic E-state index is 12.5. The van der Waals surface area contributed by atoms with Gasteiger partial charge in [0.1, 0.15) is 0 Å². The molecule has 122 valence electrons. The number of nitrogens with zero attached hydrogens (tertiary/aromatic N) is 1. The molecule has 0 aromatic heterocycles. The van der Waals surface area contributed by atoms with Gasteiger partial charge in [-0.3, -0.25) is 4.90 Å². The molecular formula is C16H24N2O3S. The van der Waals surface area contributed by atoms with Crippen LogP contribution in [0.4, 0.5) is 0 Å². The lowest BCUT2D eigenvalue weighted by Gasteiger charge is -2.29. The highest BCUT2D eigenvalue weighted by molar-refractivity contribution is 7.89. The van der Waals surface area contributed by atoms with E-state index in [0.717, 1.165) is 45.6 Å². The molecule has 1 aromatic carbocycles. The first-order chi connectivity index (χ1) is 10.5. The van der Waals surface area contributed by atoms with Gasteiger partial charge in [0.25, 0.3) is 0 Å². The van der Waals surface area contributed by atoms with Crippen LogP contribution in [-0.2, 0) is 27.6 Å². The molecule has 1 heterocycles. The van der Waals surface area contributed by atoms with Crippen molar-refractivity contribution < 1.29 is 13.2 Å². The van der Waals surface area contributed by atoms with E-state index >= 15 is 0 Å². The van der Waals surface area contributed by atoms with Crippen LogP contribution >= 0.6 is 0 Å². The fraction of sp³-hybridized carbons (Fsp3) is 0.625. The topological polar surface area (TPSA) is 58.6 Å². The largest absolute Gasteiger partial charge is 0.379 e. The van der Waals surface area contributed by atoms with Crippen molar-refractivity contribution in [3.8, 4) is 0 Å². The van der Waals surface area contributed by atoms with Gasteiger partial charge in [-0.15, -0.1) is 0 Å². The molecule has 22 heavy (non-hydrogen) atoms. The summed E-state index contributed by atoms with van der Waals surface area (Å²) in [4.78, 5) is 2.63. The van der Waals surface area contributed by atoms with E-state index in [-0.39, 0.29) is 6.04 Å². The number of aryl methyl sites for hydroxylation is 2. The van der Waals surface area contributed by atoms with Crippen molar-refractivity contribution in [2.45, 2.75) is 37.1 Å². The van der Waals surface area contributed by atoms with Crippen LogP contribution in [0.15, 0.2) is 23.1 Å². The summed E-state index contributed by atoms with van der Waals surface area (Å²) < 4.78 is 33.2. The van der Waals surface area contributed by atoms with Gasteiger partial charge in [-0.2, -0.15) is 0 Å². The van der Waals surface area contributed by atoms with E-state index in [1.165, 1.54) is 11.1 Å². The Balaban J connectivity index is 1.65. The number of fused-ring (bicyclic) bond motifs is 1. The summed E-state index contributed by atoms with van der Waals surface area (Å²) >= 11 is 0. The monoisotopic (exact) mass is 324 g/mol. The van der Waals surface area contributed by atoms with Crippen molar-refractivity contribution in [1.29, 1.82) is 0 Å². The first-order valence-corrected chi connectivity index (χ1v) is 9.47. The van der Waals surface area contributed by atoms with Crippen molar-refractivity contribution >= 4 is 10.0 Å². The molecule has 6 heteroatoms. The molecule has 0 radical (unpaired) electrons. The highest BCUT2D eigenvalue weighted by Gasteiger charge is 2.22. The van der Waals surface area contributed by atoms with Crippen molar-refractivity contribution in [2.24, 2.45) is 0 Å². The second-order valence-electron chi connectivity index (χ2n) is 6.22. The number of nitrogens with one attached hydrogen (secondary N) is 1. The lowest BCUT2D eigenvalue weighted by Crippen LogP contribution is -2.45. The molecule has 1 aliphatic heterocycles. The molecule has 0 amide bonds. The molecule has 3 rings (SSSR count). The van der Waals surface area contributed by atoms with Gasteiger partial charge in [0, 0.05) is 25.7 Å². The lowest BCUT2D eigenvalue weighted by molar-refractivity contribution is 0.0354. The number of ether oxygens (including phenoxy) is 1. The van der Waals surface area contributed by atoms with E-state index in [4.69, 9.17) is 4.74 Å². The van der Waals surface area contributed by atoms with Crippen molar-refractivity contribution in [1.82, 2.24) is 9.62 Å².